The van der Waals surface area contributed by atoms with Crippen molar-refractivity contribution in [3.8, 4) is 5.82 Å². The first-order valence-electron chi connectivity index (χ1n) is 4.74. The first kappa shape index (κ1) is 9.47. The summed E-state index contributed by atoms with van der Waals surface area (Å²) in [5.41, 5.74) is 0. The summed E-state index contributed by atoms with van der Waals surface area (Å²) in [6, 6.07) is 8.04. The van der Waals surface area contributed by atoms with Crippen LogP contribution in [0.1, 0.15) is 0 Å². The summed E-state index contributed by atoms with van der Waals surface area (Å²) < 4.78 is 2.64. The highest BCUT2D eigenvalue weighted by atomic mass is 79.9. The van der Waals surface area contributed by atoms with Crippen molar-refractivity contribution < 1.29 is 0 Å². The number of pyridine rings is 1. The zero-order valence-electron chi connectivity index (χ0n) is 8.21. The molecular weight excluding hydrogens is 268 g/mol. The number of fused-ring (bicyclic) bond motifs is 1. The molecule has 5 heteroatoms. The Bertz CT molecular complexity index is 634. The molecule has 4 nitrogen and oxygen atoms in total. The van der Waals surface area contributed by atoms with E-state index in [2.05, 4.69) is 31.0 Å². The molecule has 0 aliphatic carbocycles. The van der Waals surface area contributed by atoms with E-state index in [0.717, 1.165) is 21.1 Å². The average molecular weight is 275 g/mol. The van der Waals surface area contributed by atoms with Gasteiger partial charge in [0.15, 0.2) is 5.82 Å². The van der Waals surface area contributed by atoms with Gasteiger partial charge in [0.05, 0.1) is 0 Å². The summed E-state index contributed by atoms with van der Waals surface area (Å²) in [6.45, 7) is 0. The predicted octanol–water partition coefficient (Wildman–Crippen LogP) is 2.58. The topological polar surface area (TPSA) is 43.6 Å². The molecule has 0 radical (unpaired) electrons. The van der Waals surface area contributed by atoms with Crippen LogP contribution in [0.3, 0.4) is 0 Å². The molecule has 0 unspecified atom stereocenters. The van der Waals surface area contributed by atoms with Gasteiger partial charge in [0.2, 0.25) is 0 Å². The van der Waals surface area contributed by atoms with Crippen molar-refractivity contribution in [3.05, 3.63) is 47.6 Å². The van der Waals surface area contributed by atoms with Gasteiger partial charge in [-0.05, 0) is 15.9 Å². The van der Waals surface area contributed by atoms with Crippen molar-refractivity contribution in [2.45, 2.75) is 0 Å². The maximum Gasteiger partial charge on any atom is 0.163 e. The number of nitrogens with zero attached hydrogens (tertiary/aromatic N) is 4. The lowest BCUT2D eigenvalue weighted by molar-refractivity contribution is 0.854. The standard InChI is InChI=1S/C11H7BrN4/c12-10-5-14-11(16-7-13-6-15-16)9-4-2-1-3-8(9)10/h1-7H. The summed E-state index contributed by atoms with van der Waals surface area (Å²) in [4.78, 5) is 8.29. The summed E-state index contributed by atoms with van der Waals surface area (Å²) in [5.74, 6) is 0.788. The normalized spacial score (nSPS) is 10.8. The van der Waals surface area contributed by atoms with E-state index >= 15 is 0 Å². The van der Waals surface area contributed by atoms with Crippen LogP contribution < -0.4 is 0 Å². The minimum absolute atomic E-state index is 0.788. The van der Waals surface area contributed by atoms with E-state index in [0.29, 0.717) is 0 Å². The van der Waals surface area contributed by atoms with Crippen molar-refractivity contribution in [3.63, 3.8) is 0 Å². The van der Waals surface area contributed by atoms with Crippen LogP contribution in [-0.2, 0) is 0 Å². The van der Waals surface area contributed by atoms with E-state index in [-0.39, 0.29) is 0 Å². The molecular formula is C11H7BrN4. The first-order chi connectivity index (χ1) is 7.86. The second-order valence-electron chi connectivity index (χ2n) is 3.32. The van der Waals surface area contributed by atoms with Gasteiger partial charge in [0.1, 0.15) is 12.7 Å². The minimum Gasteiger partial charge on any atom is -0.235 e. The lowest BCUT2D eigenvalue weighted by Crippen LogP contribution is -1.99. The van der Waals surface area contributed by atoms with Crippen LogP contribution in [0.25, 0.3) is 16.6 Å². The highest BCUT2D eigenvalue weighted by Crippen LogP contribution is 2.26. The third kappa shape index (κ3) is 1.40. The molecule has 0 amide bonds. The fraction of sp³-hybridized carbons (Fsp3) is 0. The lowest BCUT2D eigenvalue weighted by atomic mass is 10.1. The van der Waals surface area contributed by atoms with Gasteiger partial charge in [-0.15, -0.1) is 0 Å². The molecule has 0 bridgehead atoms. The Hall–Kier alpha value is -1.75. The van der Waals surface area contributed by atoms with Gasteiger partial charge in [0, 0.05) is 21.4 Å². The SMILES string of the molecule is Brc1cnc(-n2cncn2)c2ccccc12. The highest BCUT2D eigenvalue weighted by Gasteiger charge is 2.07. The molecule has 78 valence electrons. The molecule has 3 aromatic rings. The minimum atomic E-state index is 0.788. The Labute approximate surface area is 100 Å². The number of halogens is 1. The van der Waals surface area contributed by atoms with Crippen LogP contribution in [-0.4, -0.2) is 19.7 Å². The Morgan fingerprint density at radius 2 is 1.94 bits per heavy atom. The summed E-state index contributed by atoms with van der Waals surface area (Å²) >= 11 is 3.49. The fourth-order valence-electron chi connectivity index (χ4n) is 1.64. The van der Waals surface area contributed by atoms with Gasteiger partial charge in [0.25, 0.3) is 0 Å². The van der Waals surface area contributed by atoms with Gasteiger partial charge < -0.3 is 0 Å². The van der Waals surface area contributed by atoms with E-state index in [1.165, 1.54) is 6.33 Å². The van der Waals surface area contributed by atoms with E-state index < -0.39 is 0 Å². The van der Waals surface area contributed by atoms with Crippen molar-refractivity contribution >= 4 is 26.7 Å². The van der Waals surface area contributed by atoms with Gasteiger partial charge in [-0.3, -0.25) is 0 Å². The number of benzene rings is 1. The van der Waals surface area contributed by atoms with Gasteiger partial charge in [-0.1, -0.05) is 24.3 Å². The predicted molar refractivity (Wildman–Crippen MR) is 64.4 cm³/mol. The molecule has 0 aliphatic rings. The molecule has 2 heterocycles. The monoisotopic (exact) mass is 274 g/mol. The Morgan fingerprint density at radius 1 is 1.12 bits per heavy atom. The zero-order chi connectivity index (χ0) is 11.0. The molecule has 3 rings (SSSR count). The van der Waals surface area contributed by atoms with Gasteiger partial charge in [-0.25, -0.2) is 14.6 Å². The molecule has 2 aromatic heterocycles. The van der Waals surface area contributed by atoms with Crippen LogP contribution in [0.4, 0.5) is 0 Å². The quantitative estimate of drug-likeness (QED) is 0.685. The third-order valence-electron chi connectivity index (χ3n) is 2.36. The van der Waals surface area contributed by atoms with Crippen molar-refractivity contribution in [2.75, 3.05) is 0 Å². The number of hydrogen-bond acceptors (Lipinski definition) is 3. The van der Waals surface area contributed by atoms with Crippen LogP contribution in [0.15, 0.2) is 47.6 Å². The van der Waals surface area contributed by atoms with Crippen molar-refractivity contribution in [1.29, 1.82) is 0 Å². The highest BCUT2D eigenvalue weighted by molar-refractivity contribution is 9.10. The number of rotatable bonds is 1. The van der Waals surface area contributed by atoms with E-state index in [1.54, 1.807) is 17.2 Å². The van der Waals surface area contributed by atoms with E-state index in [4.69, 9.17) is 0 Å². The third-order valence-corrected chi connectivity index (χ3v) is 2.99. The summed E-state index contributed by atoms with van der Waals surface area (Å²) in [7, 11) is 0. The Balaban J connectivity index is 2.39. The van der Waals surface area contributed by atoms with Crippen molar-refractivity contribution in [2.24, 2.45) is 0 Å². The van der Waals surface area contributed by atoms with E-state index in [9.17, 15) is 0 Å². The summed E-state index contributed by atoms with van der Waals surface area (Å²) in [5, 5.41) is 6.25. The fourth-order valence-corrected chi connectivity index (χ4v) is 2.09. The van der Waals surface area contributed by atoms with Gasteiger partial charge >= 0.3 is 0 Å². The smallest absolute Gasteiger partial charge is 0.163 e. The van der Waals surface area contributed by atoms with Crippen molar-refractivity contribution in [1.82, 2.24) is 19.7 Å². The first-order valence-corrected chi connectivity index (χ1v) is 5.54. The van der Waals surface area contributed by atoms with Crippen LogP contribution in [0, 0.1) is 0 Å². The average Bonchev–Trinajstić information content (AvgIpc) is 2.83. The largest absolute Gasteiger partial charge is 0.235 e. The summed E-state index contributed by atoms with van der Waals surface area (Å²) in [6.07, 6.45) is 4.92. The maximum atomic E-state index is 4.36. The molecule has 0 N–H and O–H groups in total. The molecule has 0 saturated carbocycles. The van der Waals surface area contributed by atoms with Crippen LogP contribution in [0.2, 0.25) is 0 Å². The molecule has 16 heavy (non-hydrogen) atoms. The van der Waals surface area contributed by atoms with Crippen LogP contribution in [0.5, 0.6) is 0 Å². The molecule has 0 aliphatic heterocycles. The molecule has 0 fully saturated rings. The Kier molecular flexibility index (Phi) is 2.18. The molecule has 0 atom stereocenters. The number of aromatic nitrogens is 4. The lowest BCUT2D eigenvalue weighted by Gasteiger charge is -2.05. The zero-order valence-corrected chi connectivity index (χ0v) is 9.79. The second-order valence-corrected chi connectivity index (χ2v) is 4.17. The molecule has 0 saturated heterocycles. The van der Waals surface area contributed by atoms with Gasteiger partial charge in [-0.2, -0.15) is 5.10 Å². The molecule has 1 aromatic carbocycles. The maximum absolute atomic E-state index is 4.36. The number of hydrogen-bond donors (Lipinski definition) is 0. The second kappa shape index (κ2) is 3.68. The van der Waals surface area contributed by atoms with Crippen LogP contribution >= 0.6 is 15.9 Å². The van der Waals surface area contributed by atoms with E-state index in [1.807, 2.05) is 24.3 Å². The Morgan fingerprint density at radius 3 is 2.69 bits per heavy atom. The molecule has 0 spiro atoms.